The molecule has 31 heavy (non-hydrogen) atoms. The zero-order valence-electron chi connectivity index (χ0n) is 17.0. The summed E-state index contributed by atoms with van der Waals surface area (Å²) in [7, 11) is 0. The Balaban J connectivity index is 1.86. The van der Waals surface area contributed by atoms with Crippen LogP contribution < -0.4 is 0 Å². The van der Waals surface area contributed by atoms with E-state index in [0.717, 1.165) is 0 Å². The molecular formula is C28H22Cl2Si. The molecule has 0 aliphatic carbocycles. The number of halogens is 2. The summed E-state index contributed by atoms with van der Waals surface area (Å²) in [5.74, 6) is 0. The molecule has 0 fully saturated rings. The molecule has 0 radical (unpaired) electrons. The van der Waals surface area contributed by atoms with Gasteiger partial charge in [-0.3, -0.25) is 0 Å². The Kier molecular flexibility index (Phi) is 5.58. The third-order valence-corrected chi connectivity index (χ3v) is 11.5. The predicted octanol–water partition coefficient (Wildman–Crippen LogP) is 8.18. The summed E-state index contributed by atoms with van der Waals surface area (Å²) in [5, 5.41) is 0. The average Bonchev–Trinajstić information content (AvgIpc) is 3.08. The fourth-order valence-corrected chi connectivity index (χ4v) is 10.7. The molecular weight excluding hydrogens is 435 g/mol. The Morgan fingerprint density at radius 3 is 1.03 bits per heavy atom. The minimum atomic E-state index is -2.90. The second kappa shape index (κ2) is 8.51. The van der Waals surface area contributed by atoms with Gasteiger partial charge in [0.25, 0.3) is 6.69 Å². The third kappa shape index (κ3) is 3.68. The molecule has 1 heterocycles. The van der Waals surface area contributed by atoms with E-state index in [2.05, 4.69) is 109 Å². The van der Waals surface area contributed by atoms with Crippen molar-refractivity contribution in [1.82, 2.24) is 0 Å². The zero-order chi connectivity index (χ0) is 21.3. The van der Waals surface area contributed by atoms with E-state index in [9.17, 15) is 0 Å². The van der Waals surface area contributed by atoms with Crippen LogP contribution in [-0.2, 0) is 0 Å². The smallest absolute Gasteiger partial charge is 0.144 e. The Labute approximate surface area is 194 Å². The van der Waals surface area contributed by atoms with Crippen LogP contribution >= 0.6 is 22.2 Å². The van der Waals surface area contributed by atoms with Crippen LogP contribution in [0.3, 0.4) is 0 Å². The van der Waals surface area contributed by atoms with E-state index in [0.29, 0.717) is 0 Å². The minimum Gasteiger partial charge on any atom is -0.144 e. The fraction of sp³-hybridized carbons (Fsp3) is 0.0714. The highest BCUT2D eigenvalue weighted by atomic mass is 35.7. The summed E-state index contributed by atoms with van der Waals surface area (Å²) >= 11 is 15.0. The molecule has 1 aliphatic rings. The molecule has 5 rings (SSSR count). The quantitative estimate of drug-likeness (QED) is 0.214. The van der Waals surface area contributed by atoms with Gasteiger partial charge in [-0.1, -0.05) is 121 Å². The van der Waals surface area contributed by atoms with E-state index in [1.165, 1.54) is 33.4 Å². The predicted molar refractivity (Wildman–Crippen MR) is 136 cm³/mol. The second-order valence-corrected chi connectivity index (χ2v) is 14.8. The van der Waals surface area contributed by atoms with Crippen LogP contribution in [0.1, 0.15) is 33.3 Å². The van der Waals surface area contributed by atoms with Crippen molar-refractivity contribution in [2.75, 3.05) is 0 Å². The van der Waals surface area contributed by atoms with Gasteiger partial charge in [0.15, 0.2) is 0 Å². The van der Waals surface area contributed by atoms with Crippen molar-refractivity contribution >= 4 is 40.0 Å². The first kappa shape index (κ1) is 20.3. The molecule has 0 amide bonds. The molecule has 3 heteroatoms. The lowest BCUT2D eigenvalue weighted by atomic mass is 9.87. The van der Waals surface area contributed by atoms with Gasteiger partial charge in [0.2, 0.25) is 0 Å². The number of benzene rings is 4. The van der Waals surface area contributed by atoms with Gasteiger partial charge in [-0.15, -0.1) is 22.2 Å². The molecule has 2 atom stereocenters. The van der Waals surface area contributed by atoms with Gasteiger partial charge in [-0.2, -0.15) is 0 Å². The number of hydrogen-bond donors (Lipinski definition) is 0. The molecule has 152 valence electrons. The van der Waals surface area contributed by atoms with Crippen LogP contribution in [-0.4, -0.2) is 6.69 Å². The zero-order valence-corrected chi connectivity index (χ0v) is 19.5. The van der Waals surface area contributed by atoms with Crippen LogP contribution in [0.4, 0.5) is 0 Å². The van der Waals surface area contributed by atoms with Crippen LogP contribution in [0.2, 0.25) is 0 Å². The van der Waals surface area contributed by atoms with Crippen molar-refractivity contribution < 1.29 is 0 Å². The maximum absolute atomic E-state index is 7.52. The Bertz CT molecular complexity index is 1090. The SMILES string of the molecule is Cl[Si]1(Cl)C(c2ccccc2)C(c2ccccc2)=C(c2ccccc2)C1c1ccccc1. The Morgan fingerprint density at radius 2 is 0.710 bits per heavy atom. The number of allylic oxidation sites excluding steroid dienone is 2. The van der Waals surface area contributed by atoms with Gasteiger partial charge in [-0.05, 0) is 33.4 Å². The molecule has 0 bridgehead atoms. The second-order valence-electron chi connectivity index (χ2n) is 7.92. The number of rotatable bonds is 4. The van der Waals surface area contributed by atoms with Crippen molar-refractivity contribution in [3.05, 3.63) is 144 Å². The van der Waals surface area contributed by atoms with E-state index in [4.69, 9.17) is 22.2 Å². The normalized spacial score (nSPS) is 20.1. The molecule has 4 aromatic rings. The summed E-state index contributed by atoms with van der Waals surface area (Å²) in [6.07, 6.45) is 0. The van der Waals surface area contributed by atoms with Gasteiger partial charge >= 0.3 is 0 Å². The summed E-state index contributed by atoms with van der Waals surface area (Å²) in [6, 6.07) is 42.2. The van der Waals surface area contributed by atoms with E-state index in [1.54, 1.807) is 0 Å². The first-order valence-electron chi connectivity index (χ1n) is 10.5. The van der Waals surface area contributed by atoms with Crippen LogP contribution in [0, 0.1) is 0 Å². The van der Waals surface area contributed by atoms with Gasteiger partial charge in [0.1, 0.15) is 0 Å². The molecule has 0 aromatic heterocycles. The van der Waals surface area contributed by atoms with Crippen molar-refractivity contribution in [2.45, 2.75) is 11.1 Å². The molecule has 0 saturated heterocycles. The molecule has 0 N–H and O–H groups in total. The summed E-state index contributed by atoms with van der Waals surface area (Å²) in [4.78, 5) is 0. The largest absolute Gasteiger partial charge is 0.274 e. The van der Waals surface area contributed by atoms with E-state index < -0.39 is 6.69 Å². The molecule has 4 aromatic carbocycles. The lowest BCUT2D eigenvalue weighted by Crippen LogP contribution is -2.33. The van der Waals surface area contributed by atoms with Gasteiger partial charge in [-0.25, -0.2) is 0 Å². The van der Waals surface area contributed by atoms with E-state index in [1.807, 2.05) is 12.1 Å². The van der Waals surface area contributed by atoms with E-state index >= 15 is 0 Å². The molecule has 0 saturated carbocycles. The lowest BCUT2D eigenvalue weighted by molar-refractivity contribution is 1.16. The highest BCUT2D eigenvalue weighted by Gasteiger charge is 2.57. The van der Waals surface area contributed by atoms with Crippen LogP contribution in [0.15, 0.2) is 121 Å². The standard InChI is InChI=1S/C28H22Cl2Si/c29-31(30)27(23-17-9-3-10-18-23)25(21-13-5-1-6-14-21)26(22-15-7-2-8-16-22)28(31)24-19-11-4-12-20-24/h1-20,27-28H. The van der Waals surface area contributed by atoms with Crippen molar-refractivity contribution in [3.63, 3.8) is 0 Å². The van der Waals surface area contributed by atoms with Gasteiger partial charge in [0, 0.05) is 11.1 Å². The van der Waals surface area contributed by atoms with Crippen molar-refractivity contribution in [3.8, 4) is 0 Å². The van der Waals surface area contributed by atoms with E-state index in [-0.39, 0.29) is 11.1 Å². The Morgan fingerprint density at radius 1 is 0.419 bits per heavy atom. The molecule has 0 spiro atoms. The van der Waals surface area contributed by atoms with Crippen molar-refractivity contribution in [1.29, 1.82) is 0 Å². The fourth-order valence-electron chi connectivity index (χ4n) is 4.81. The van der Waals surface area contributed by atoms with Crippen LogP contribution in [0.5, 0.6) is 0 Å². The van der Waals surface area contributed by atoms with Gasteiger partial charge in [0.05, 0.1) is 0 Å². The molecule has 1 aliphatic heterocycles. The monoisotopic (exact) mass is 456 g/mol. The summed E-state index contributed by atoms with van der Waals surface area (Å²) in [6.45, 7) is -2.90. The molecule has 0 nitrogen and oxygen atoms in total. The van der Waals surface area contributed by atoms with Crippen molar-refractivity contribution in [2.24, 2.45) is 0 Å². The molecule has 2 unspecified atom stereocenters. The maximum Gasteiger partial charge on any atom is 0.274 e. The highest BCUT2D eigenvalue weighted by Crippen LogP contribution is 2.62. The minimum absolute atomic E-state index is 0.0279. The van der Waals surface area contributed by atoms with Crippen LogP contribution in [0.25, 0.3) is 11.1 Å². The lowest BCUT2D eigenvalue weighted by Gasteiger charge is -2.29. The first-order chi connectivity index (χ1) is 15.2. The maximum atomic E-state index is 7.52. The summed E-state index contributed by atoms with van der Waals surface area (Å²) < 4.78 is 0. The Hall–Kier alpha value is -2.58. The average molecular weight is 457 g/mol. The topological polar surface area (TPSA) is 0 Å². The first-order valence-corrected chi connectivity index (χ1v) is 14.7. The van der Waals surface area contributed by atoms with Gasteiger partial charge < -0.3 is 0 Å². The highest BCUT2D eigenvalue weighted by molar-refractivity contribution is 7.47. The summed E-state index contributed by atoms with van der Waals surface area (Å²) in [5.41, 5.74) is 7.19. The number of hydrogen-bond acceptors (Lipinski definition) is 0. The third-order valence-electron chi connectivity index (χ3n) is 6.07.